The Hall–Kier alpha value is -1.69. The van der Waals surface area contributed by atoms with E-state index < -0.39 is 17.2 Å². The molecule has 0 fully saturated rings. The van der Waals surface area contributed by atoms with Crippen LogP contribution in [0.3, 0.4) is 0 Å². The molecular formula is C15H23F2N3O. The quantitative estimate of drug-likeness (QED) is 0.556. The Bertz CT molecular complexity index is 502. The molecule has 0 saturated heterocycles. The smallest absolute Gasteiger partial charge is 0.188 e. The van der Waals surface area contributed by atoms with Crippen molar-refractivity contribution >= 4 is 5.96 Å². The van der Waals surface area contributed by atoms with E-state index in [0.717, 1.165) is 18.6 Å². The molecule has 0 saturated carbocycles. The van der Waals surface area contributed by atoms with Crippen molar-refractivity contribution in [2.45, 2.75) is 32.8 Å². The second kappa shape index (κ2) is 7.36. The number of benzene rings is 1. The first kappa shape index (κ1) is 17.4. The Kier molecular flexibility index (Phi) is 6.08. The molecule has 0 spiro atoms. The molecule has 1 rings (SSSR count). The van der Waals surface area contributed by atoms with Crippen LogP contribution in [0.1, 0.15) is 32.8 Å². The summed E-state index contributed by atoms with van der Waals surface area (Å²) in [5.74, 6) is -0.757. The van der Waals surface area contributed by atoms with Gasteiger partial charge in [-0.2, -0.15) is 0 Å². The molecule has 1 unspecified atom stereocenters. The molecule has 6 heteroatoms. The fourth-order valence-corrected chi connectivity index (χ4v) is 1.80. The van der Waals surface area contributed by atoms with E-state index in [1.54, 1.807) is 0 Å². The third-order valence-electron chi connectivity index (χ3n) is 3.10. The van der Waals surface area contributed by atoms with Gasteiger partial charge in [0.25, 0.3) is 0 Å². The van der Waals surface area contributed by atoms with Crippen molar-refractivity contribution in [2.24, 2.45) is 16.6 Å². The first-order valence-electron chi connectivity index (χ1n) is 6.94. The number of halogens is 2. The van der Waals surface area contributed by atoms with Crippen LogP contribution < -0.4 is 11.1 Å². The van der Waals surface area contributed by atoms with Gasteiger partial charge in [0.05, 0.1) is 6.54 Å². The van der Waals surface area contributed by atoms with Gasteiger partial charge in [0.15, 0.2) is 5.96 Å². The summed E-state index contributed by atoms with van der Waals surface area (Å²) in [5.41, 5.74) is 4.12. The largest absolute Gasteiger partial charge is 0.383 e. The Morgan fingerprint density at radius 2 is 2.10 bits per heavy atom. The summed E-state index contributed by atoms with van der Waals surface area (Å²) in [6.07, 6.45) is 0.944. The van der Waals surface area contributed by atoms with Crippen molar-refractivity contribution in [3.8, 4) is 0 Å². The van der Waals surface area contributed by atoms with Crippen molar-refractivity contribution in [1.82, 2.24) is 5.32 Å². The Balaban J connectivity index is 2.67. The van der Waals surface area contributed by atoms with Crippen molar-refractivity contribution in [1.29, 1.82) is 0 Å². The van der Waals surface area contributed by atoms with E-state index in [2.05, 4.69) is 24.2 Å². The number of rotatable bonds is 6. The van der Waals surface area contributed by atoms with Gasteiger partial charge >= 0.3 is 0 Å². The van der Waals surface area contributed by atoms with Crippen LogP contribution in [0, 0.1) is 17.6 Å². The van der Waals surface area contributed by atoms with E-state index in [1.807, 2.05) is 0 Å². The highest BCUT2D eigenvalue weighted by molar-refractivity contribution is 5.77. The third-order valence-corrected chi connectivity index (χ3v) is 3.10. The zero-order valence-electron chi connectivity index (χ0n) is 12.7. The van der Waals surface area contributed by atoms with Crippen LogP contribution in [-0.2, 0) is 5.60 Å². The van der Waals surface area contributed by atoms with Crippen LogP contribution in [-0.4, -0.2) is 24.2 Å². The maximum atomic E-state index is 13.7. The van der Waals surface area contributed by atoms with E-state index in [4.69, 9.17) is 5.73 Å². The van der Waals surface area contributed by atoms with Crippen LogP contribution >= 0.6 is 0 Å². The second-order valence-electron chi connectivity index (χ2n) is 5.71. The van der Waals surface area contributed by atoms with Crippen LogP contribution in [0.2, 0.25) is 0 Å². The van der Waals surface area contributed by atoms with Crippen LogP contribution in [0.4, 0.5) is 8.78 Å². The molecule has 118 valence electrons. The molecular weight excluding hydrogens is 276 g/mol. The van der Waals surface area contributed by atoms with Gasteiger partial charge in [-0.1, -0.05) is 19.9 Å². The zero-order valence-corrected chi connectivity index (χ0v) is 12.7. The standard InChI is InChI=1S/C15H23F2N3O/c1-10(2)6-7-19-14(18)20-9-15(3,21)12-5-4-11(16)8-13(12)17/h4-5,8,10,21H,6-7,9H2,1-3H3,(H3,18,19,20). The highest BCUT2D eigenvalue weighted by Gasteiger charge is 2.26. The lowest BCUT2D eigenvalue weighted by Crippen LogP contribution is -2.35. The first-order valence-corrected chi connectivity index (χ1v) is 6.94. The highest BCUT2D eigenvalue weighted by Crippen LogP contribution is 2.24. The molecule has 21 heavy (non-hydrogen) atoms. The number of aliphatic hydroxyl groups is 1. The maximum Gasteiger partial charge on any atom is 0.188 e. The van der Waals surface area contributed by atoms with Crippen LogP contribution in [0.25, 0.3) is 0 Å². The zero-order chi connectivity index (χ0) is 16.0. The average Bonchev–Trinajstić information content (AvgIpc) is 2.35. The van der Waals surface area contributed by atoms with Crippen molar-refractivity contribution in [3.63, 3.8) is 0 Å². The average molecular weight is 299 g/mol. The van der Waals surface area contributed by atoms with Gasteiger partial charge in [0.1, 0.15) is 17.2 Å². The molecule has 0 bridgehead atoms. The fraction of sp³-hybridized carbons (Fsp3) is 0.533. The molecule has 1 aromatic rings. The van der Waals surface area contributed by atoms with Crippen molar-refractivity contribution < 1.29 is 13.9 Å². The summed E-state index contributed by atoms with van der Waals surface area (Å²) in [4.78, 5) is 4.01. The van der Waals surface area contributed by atoms with Gasteiger partial charge in [-0.25, -0.2) is 8.78 Å². The van der Waals surface area contributed by atoms with Gasteiger partial charge in [-0.05, 0) is 25.3 Å². The summed E-state index contributed by atoms with van der Waals surface area (Å²) in [6.45, 7) is 6.17. The highest BCUT2D eigenvalue weighted by atomic mass is 19.1. The minimum absolute atomic E-state index is 0.0115. The number of hydrogen-bond acceptors (Lipinski definition) is 2. The van der Waals surface area contributed by atoms with E-state index >= 15 is 0 Å². The lowest BCUT2D eigenvalue weighted by molar-refractivity contribution is 0.0633. The summed E-state index contributed by atoms with van der Waals surface area (Å²) in [6, 6.07) is 3.04. The van der Waals surface area contributed by atoms with E-state index in [9.17, 15) is 13.9 Å². The third kappa shape index (κ3) is 5.67. The molecule has 0 amide bonds. The molecule has 0 radical (unpaired) electrons. The van der Waals surface area contributed by atoms with Gasteiger partial charge < -0.3 is 16.2 Å². The number of aliphatic imine (C=N–C) groups is 1. The fourth-order valence-electron chi connectivity index (χ4n) is 1.80. The molecule has 0 aliphatic carbocycles. The molecule has 1 atom stereocenters. The van der Waals surface area contributed by atoms with Gasteiger partial charge in [-0.15, -0.1) is 0 Å². The molecule has 0 heterocycles. The van der Waals surface area contributed by atoms with E-state index in [1.165, 1.54) is 13.0 Å². The van der Waals surface area contributed by atoms with Crippen LogP contribution in [0.15, 0.2) is 23.2 Å². The summed E-state index contributed by atoms with van der Waals surface area (Å²) in [5, 5.41) is 13.2. The van der Waals surface area contributed by atoms with Crippen molar-refractivity contribution in [3.05, 3.63) is 35.4 Å². The number of nitrogens with two attached hydrogens (primary N) is 1. The minimum Gasteiger partial charge on any atom is -0.383 e. The van der Waals surface area contributed by atoms with E-state index in [-0.39, 0.29) is 18.1 Å². The van der Waals surface area contributed by atoms with Crippen LogP contribution in [0.5, 0.6) is 0 Å². The number of nitrogens with zero attached hydrogens (tertiary/aromatic N) is 1. The Morgan fingerprint density at radius 1 is 1.43 bits per heavy atom. The Morgan fingerprint density at radius 3 is 2.67 bits per heavy atom. The normalized spacial score (nSPS) is 15.1. The van der Waals surface area contributed by atoms with Gasteiger partial charge in [0.2, 0.25) is 0 Å². The first-order chi connectivity index (χ1) is 9.72. The monoisotopic (exact) mass is 299 g/mol. The SMILES string of the molecule is CC(C)CCNC(N)=NCC(C)(O)c1ccc(F)cc1F. The molecule has 0 aliphatic rings. The lowest BCUT2D eigenvalue weighted by atomic mass is 9.95. The molecule has 0 aromatic heterocycles. The molecule has 4 N–H and O–H groups in total. The summed E-state index contributed by atoms with van der Waals surface area (Å²) < 4.78 is 26.5. The number of hydrogen-bond donors (Lipinski definition) is 3. The van der Waals surface area contributed by atoms with Gasteiger partial charge in [-0.3, -0.25) is 4.99 Å². The maximum absolute atomic E-state index is 13.7. The Labute approximate surface area is 124 Å². The van der Waals surface area contributed by atoms with Gasteiger partial charge in [0, 0.05) is 18.2 Å². The summed E-state index contributed by atoms with van der Waals surface area (Å²) in [7, 11) is 0. The topological polar surface area (TPSA) is 70.6 Å². The molecule has 1 aromatic carbocycles. The minimum atomic E-state index is -1.55. The number of guanidine groups is 1. The van der Waals surface area contributed by atoms with E-state index in [0.29, 0.717) is 12.5 Å². The lowest BCUT2D eigenvalue weighted by Gasteiger charge is -2.22. The second-order valence-corrected chi connectivity index (χ2v) is 5.71. The molecule has 0 aliphatic heterocycles. The summed E-state index contributed by atoms with van der Waals surface area (Å²) >= 11 is 0. The van der Waals surface area contributed by atoms with Crippen molar-refractivity contribution in [2.75, 3.05) is 13.1 Å². The predicted octanol–water partition coefficient (Wildman–Crippen LogP) is 2.12. The predicted molar refractivity (Wildman–Crippen MR) is 79.9 cm³/mol. The number of nitrogens with one attached hydrogen (secondary N) is 1. The molecule has 4 nitrogen and oxygen atoms in total.